The van der Waals surface area contributed by atoms with Gasteiger partial charge in [0.2, 0.25) is 0 Å². The van der Waals surface area contributed by atoms with Gasteiger partial charge < -0.3 is 5.32 Å². The fourth-order valence-corrected chi connectivity index (χ4v) is 2.83. The van der Waals surface area contributed by atoms with Crippen LogP contribution < -0.4 is 5.32 Å². The molecular weight excluding hydrogens is 354 g/mol. The molecule has 0 aromatic heterocycles. The summed E-state index contributed by atoms with van der Waals surface area (Å²) in [6, 6.07) is 4.42. The molecule has 1 rings (SSSR count). The van der Waals surface area contributed by atoms with Crippen LogP contribution in [0.2, 0.25) is 0 Å². The molecule has 1 nitrogen and oxygen atoms in total. The largest absolute Gasteiger partial charge is 0.312 e. The van der Waals surface area contributed by atoms with Gasteiger partial charge in [-0.3, -0.25) is 0 Å². The second-order valence-corrected chi connectivity index (χ2v) is 7.54. The van der Waals surface area contributed by atoms with Crippen LogP contribution in [0.5, 0.6) is 0 Å². The molecule has 0 radical (unpaired) electrons. The second kappa shape index (κ2) is 7.06. The minimum atomic E-state index is 0.230. The number of rotatable bonds is 5. The summed E-state index contributed by atoms with van der Waals surface area (Å²) in [4.78, 5) is 0. The van der Waals surface area contributed by atoms with E-state index < -0.39 is 0 Å². The number of nitrogens with one attached hydrogen (secondary N) is 1. The lowest BCUT2D eigenvalue weighted by Gasteiger charge is -2.20. The van der Waals surface area contributed by atoms with E-state index in [0.717, 1.165) is 13.0 Å². The van der Waals surface area contributed by atoms with E-state index >= 15 is 0 Å². The quantitative estimate of drug-likeness (QED) is 0.693. The van der Waals surface area contributed by atoms with Gasteiger partial charge in [0, 0.05) is 14.5 Å². The maximum absolute atomic E-state index is 3.65. The molecule has 0 atom stereocenters. The van der Waals surface area contributed by atoms with Crippen LogP contribution in [0.3, 0.4) is 0 Å². The Kier molecular flexibility index (Phi) is 6.36. The van der Waals surface area contributed by atoms with Crippen LogP contribution in [0.4, 0.5) is 0 Å². The van der Waals surface area contributed by atoms with Crippen molar-refractivity contribution < 1.29 is 0 Å². The zero-order valence-corrected chi connectivity index (χ0v) is 14.9. The van der Waals surface area contributed by atoms with Crippen molar-refractivity contribution in [2.24, 2.45) is 0 Å². The third-order valence-electron chi connectivity index (χ3n) is 2.86. The van der Waals surface area contributed by atoms with Crippen molar-refractivity contribution >= 4 is 31.9 Å². The van der Waals surface area contributed by atoms with E-state index in [1.54, 1.807) is 0 Å². The Morgan fingerprint density at radius 3 is 2.33 bits per heavy atom. The molecule has 0 unspecified atom stereocenters. The molecule has 1 aromatic rings. The highest BCUT2D eigenvalue weighted by Crippen LogP contribution is 2.26. The van der Waals surface area contributed by atoms with Crippen LogP contribution in [-0.2, 0) is 6.42 Å². The van der Waals surface area contributed by atoms with Crippen molar-refractivity contribution in [1.29, 1.82) is 0 Å². The molecule has 0 fully saturated rings. The third kappa shape index (κ3) is 5.85. The van der Waals surface area contributed by atoms with Crippen LogP contribution in [0.15, 0.2) is 21.1 Å². The summed E-state index contributed by atoms with van der Waals surface area (Å²) < 4.78 is 2.43. The van der Waals surface area contributed by atoms with Crippen molar-refractivity contribution in [3.63, 3.8) is 0 Å². The molecule has 0 spiro atoms. The SMILES string of the molecule is Cc1cc(Br)c(CCCCNC(C)(C)C)cc1Br. The molecule has 1 N–H and O–H groups in total. The molecule has 0 saturated heterocycles. The summed E-state index contributed by atoms with van der Waals surface area (Å²) in [5.74, 6) is 0. The minimum absolute atomic E-state index is 0.230. The van der Waals surface area contributed by atoms with E-state index in [9.17, 15) is 0 Å². The number of aryl methyl sites for hydroxylation is 2. The van der Waals surface area contributed by atoms with Gasteiger partial charge in [-0.25, -0.2) is 0 Å². The minimum Gasteiger partial charge on any atom is -0.312 e. The van der Waals surface area contributed by atoms with Crippen molar-refractivity contribution in [3.05, 3.63) is 32.2 Å². The molecule has 0 amide bonds. The second-order valence-electron chi connectivity index (χ2n) is 5.83. The topological polar surface area (TPSA) is 12.0 Å². The highest BCUT2D eigenvalue weighted by Gasteiger charge is 2.08. The van der Waals surface area contributed by atoms with Crippen LogP contribution >= 0.6 is 31.9 Å². The predicted molar refractivity (Wildman–Crippen MR) is 87.3 cm³/mol. The molecule has 0 aliphatic carbocycles. The Hall–Kier alpha value is 0.140. The highest BCUT2D eigenvalue weighted by molar-refractivity contribution is 9.11. The molecule has 0 bridgehead atoms. The summed E-state index contributed by atoms with van der Waals surface area (Å²) >= 11 is 7.24. The lowest BCUT2D eigenvalue weighted by atomic mass is 10.1. The van der Waals surface area contributed by atoms with Crippen molar-refractivity contribution in [3.8, 4) is 0 Å². The summed E-state index contributed by atoms with van der Waals surface area (Å²) in [5.41, 5.74) is 2.90. The Morgan fingerprint density at radius 1 is 1.06 bits per heavy atom. The molecule has 0 aliphatic heterocycles. The van der Waals surface area contributed by atoms with E-state index in [0.29, 0.717) is 0 Å². The number of halogens is 2. The normalized spacial score (nSPS) is 11.9. The lowest BCUT2D eigenvalue weighted by Crippen LogP contribution is -2.36. The average molecular weight is 377 g/mol. The Balaban J connectivity index is 2.38. The first-order valence-corrected chi connectivity index (χ1v) is 8.08. The summed E-state index contributed by atoms with van der Waals surface area (Å²) in [6.45, 7) is 9.84. The molecule has 102 valence electrons. The van der Waals surface area contributed by atoms with Crippen LogP contribution in [-0.4, -0.2) is 12.1 Å². The van der Waals surface area contributed by atoms with E-state index in [1.807, 2.05) is 0 Å². The molecule has 18 heavy (non-hydrogen) atoms. The summed E-state index contributed by atoms with van der Waals surface area (Å²) in [7, 11) is 0. The van der Waals surface area contributed by atoms with Gasteiger partial charge in [-0.15, -0.1) is 0 Å². The van der Waals surface area contributed by atoms with Gasteiger partial charge in [0.15, 0.2) is 0 Å². The first-order chi connectivity index (χ1) is 8.29. The van der Waals surface area contributed by atoms with Gasteiger partial charge in [0.05, 0.1) is 0 Å². The van der Waals surface area contributed by atoms with E-state index in [1.165, 1.54) is 32.9 Å². The van der Waals surface area contributed by atoms with E-state index in [2.05, 4.69) is 77.0 Å². The fourth-order valence-electron chi connectivity index (χ4n) is 1.78. The standard InChI is InChI=1S/C15H23Br2N/c1-11-9-14(17)12(10-13(11)16)7-5-6-8-18-15(2,3)4/h9-10,18H,5-8H2,1-4H3. The van der Waals surface area contributed by atoms with Crippen molar-refractivity contribution in [2.45, 2.75) is 52.5 Å². The molecular formula is C15H23Br2N. The number of benzene rings is 1. The monoisotopic (exact) mass is 375 g/mol. The summed E-state index contributed by atoms with van der Waals surface area (Å²) in [5, 5.41) is 3.52. The molecule has 0 aliphatic rings. The number of unbranched alkanes of at least 4 members (excludes halogenated alkanes) is 1. The van der Waals surface area contributed by atoms with Crippen LogP contribution in [0.25, 0.3) is 0 Å². The van der Waals surface area contributed by atoms with Crippen molar-refractivity contribution in [1.82, 2.24) is 5.32 Å². The van der Waals surface area contributed by atoms with Gasteiger partial charge in [-0.2, -0.15) is 0 Å². The maximum atomic E-state index is 3.65. The summed E-state index contributed by atoms with van der Waals surface area (Å²) in [6.07, 6.45) is 3.57. The third-order valence-corrected chi connectivity index (χ3v) is 4.45. The maximum Gasteiger partial charge on any atom is 0.0210 e. The van der Waals surface area contributed by atoms with Gasteiger partial charge >= 0.3 is 0 Å². The first-order valence-electron chi connectivity index (χ1n) is 6.49. The molecule has 0 heterocycles. The number of hydrogen-bond donors (Lipinski definition) is 1. The fraction of sp³-hybridized carbons (Fsp3) is 0.600. The lowest BCUT2D eigenvalue weighted by molar-refractivity contribution is 0.419. The van der Waals surface area contributed by atoms with Gasteiger partial charge in [0.1, 0.15) is 0 Å². The Bertz CT molecular complexity index is 394. The molecule has 1 aromatic carbocycles. The van der Waals surface area contributed by atoms with Crippen LogP contribution in [0.1, 0.15) is 44.7 Å². The van der Waals surface area contributed by atoms with Crippen molar-refractivity contribution in [2.75, 3.05) is 6.54 Å². The highest BCUT2D eigenvalue weighted by atomic mass is 79.9. The van der Waals surface area contributed by atoms with Crippen LogP contribution in [0, 0.1) is 6.92 Å². The van der Waals surface area contributed by atoms with E-state index in [-0.39, 0.29) is 5.54 Å². The molecule has 0 saturated carbocycles. The Morgan fingerprint density at radius 2 is 1.72 bits per heavy atom. The number of hydrogen-bond acceptors (Lipinski definition) is 1. The van der Waals surface area contributed by atoms with E-state index in [4.69, 9.17) is 0 Å². The zero-order chi connectivity index (χ0) is 13.8. The van der Waals surface area contributed by atoms with Gasteiger partial charge in [0.25, 0.3) is 0 Å². The Labute approximate surface area is 128 Å². The molecule has 3 heteroatoms. The zero-order valence-electron chi connectivity index (χ0n) is 11.7. The van der Waals surface area contributed by atoms with Gasteiger partial charge in [-0.1, -0.05) is 31.9 Å². The van der Waals surface area contributed by atoms with Gasteiger partial charge in [-0.05, 0) is 76.8 Å². The predicted octanol–water partition coefficient (Wildman–Crippen LogP) is 5.23. The smallest absolute Gasteiger partial charge is 0.0210 e. The first kappa shape index (κ1) is 16.2. The average Bonchev–Trinajstić information content (AvgIpc) is 2.23.